The smallest absolute Gasteiger partial charge is 0.221 e. The third-order valence-electron chi connectivity index (χ3n) is 2.71. The van der Waals surface area contributed by atoms with Gasteiger partial charge in [-0.2, -0.15) is 0 Å². The molecule has 1 amide bonds. The summed E-state index contributed by atoms with van der Waals surface area (Å²) in [6, 6.07) is 0.571. The molecular weight excluding hydrogens is 166 g/mol. The highest BCUT2D eigenvalue weighted by Crippen LogP contribution is 2.08. The van der Waals surface area contributed by atoms with Crippen LogP contribution in [0.4, 0.5) is 0 Å². The van der Waals surface area contributed by atoms with E-state index in [2.05, 4.69) is 17.3 Å². The summed E-state index contributed by atoms with van der Waals surface area (Å²) in [4.78, 5) is 13.0. The Labute approximate surface area is 79.5 Å². The first kappa shape index (κ1) is 10.5. The van der Waals surface area contributed by atoms with Crippen LogP contribution in [0.25, 0.3) is 0 Å². The molecule has 0 saturated carbocycles. The van der Waals surface area contributed by atoms with Crippen LogP contribution in [0.5, 0.6) is 0 Å². The third kappa shape index (κ3) is 2.97. The van der Waals surface area contributed by atoms with Gasteiger partial charge in [0.1, 0.15) is 0 Å². The van der Waals surface area contributed by atoms with Crippen LogP contribution >= 0.6 is 0 Å². The van der Waals surface area contributed by atoms with Crippen LogP contribution in [-0.4, -0.2) is 43.5 Å². The summed E-state index contributed by atoms with van der Waals surface area (Å²) in [5.74, 6) is -0.261. The summed E-state index contributed by atoms with van der Waals surface area (Å²) >= 11 is 0. The number of primary amides is 1. The van der Waals surface area contributed by atoms with Gasteiger partial charge >= 0.3 is 0 Å². The molecule has 0 aliphatic carbocycles. The minimum atomic E-state index is -0.210. The molecule has 1 saturated heterocycles. The zero-order chi connectivity index (χ0) is 9.84. The van der Waals surface area contributed by atoms with Gasteiger partial charge in [0.25, 0.3) is 0 Å². The van der Waals surface area contributed by atoms with Gasteiger partial charge in [-0.25, -0.2) is 0 Å². The van der Waals surface area contributed by atoms with E-state index >= 15 is 0 Å². The Balaban J connectivity index is 2.30. The summed E-state index contributed by atoms with van der Waals surface area (Å²) in [7, 11) is 2.05. The molecule has 4 heteroatoms. The van der Waals surface area contributed by atoms with Crippen LogP contribution < -0.4 is 11.1 Å². The standard InChI is InChI=1S/C9H19N3O/c1-7(9(10)13)6-12(2)8-3-4-11-5-8/h7-8,11H,3-6H2,1-2H3,(H2,10,13). The predicted octanol–water partition coefficient (Wildman–Crippen LogP) is -0.598. The molecule has 2 atom stereocenters. The maximum atomic E-state index is 10.8. The zero-order valence-electron chi connectivity index (χ0n) is 8.42. The van der Waals surface area contributed by atoms with Crippen molar-refractivity contribution in [3.05, 3.63) is 0 Å². The first-order valence-electron chi connectivity index (χ1n) is 4.81. The second-order valence-corrected chi connectivity index (χ2v) is 3.89. The molecule has 1 aliphatic heterocycles. The van der Waals surface area contributed by atoms with Gasteiger partial charge in [-0.3, -0.25) is 4.79 Å². The van der Waals surface area contributed by atoms with Gasteiger partial charge in [-0.05, 0) is 20.0 Å². The Kier molecular flexibility index (Phi) is 3.69. The molecule has 4 nitrogen and oxygen atoms in total. The number of amides is 1. The van der Waals surface area contributed by atoms with Crippen molar-refractivity contribution in [1.82, 2.24) is 10.2 Å². The Morgan fingerprint density at radius 2 is 2.46 bits per heavy atom. The molecule has 1 heterocycles. The van der Waals surface area contributed by atoms with Crippen molar-refractivity contribution in [2.75, 3.05) is 26.7 Å². The highest BCUT2D eigenvalue weighted by atomic mass is 16.1. The number of hydrogen-bond donors (Lipinski definition) is 2. The highest BCUT2D eigenvalue weighted by Gasteiger charge is 2.21. The molecule has 0 aromatic heterocycles. The van der Waals surface area contributed by atoms with E-state index in [1.807, 2.05) is 6.92 Å². The molecule has 1 fully saturated rings. The van der Waals surface area contributed by atoms with Crippen molar-refractivity contribution < 1.29 is 4.79 Å². The van der Waals surface area contributed by atoms with Gasteiger partial charge in [-0.15, -0.1) is 0 Å². The molecule has 2 unspecified atom stereocenters. The summed E-state index contributed by atoms with van der Waals surface area (Å²) in [5.41, 5.74) is 5.20. The molecule has 13 heavy (non-hydrogen) atoms. The number of rotatable bonds is 4. The van der Waals surface area contributed by atoms with E-state index in [0.29, 0.717) is 6.04 Å². The van der Waals surface area contributed by atoms with Gasteiger partial charge in [0.15, 0.2) is 0 Å². The molecule has 1 aliphatic rings. The third-order valence-corrected chi connectivity index (χ3v) is 2.71. The van der Waals surface area contributed by atoms with Gasteiger partial charge in [0.2, 0.25) is 5.91 Å². The summed E-state index contributed by atoms with van der Waals surface area (Å²) in [5, 5.41) is 3.30. The topological polar surface area (TPSA) is 58.4 Å². The fourth-order valence-corrected chi connectivity index (χ4v) is 1.69. The first-order valence-corrected chi connectivity index (χ1v) is 4.81. The van der Waals surface area contributed by atoms with Crippen molar-refractivity contribution in [3.63, 3.8) is 0 Å². The lowest BCUT2D eigenvalue weighted by Crippen LogP contribution is -2.39. The predicted molar refractivity (Wildman–Crippen MR) is 52.3 cm³/mol. The molecule has 0 radical (unpaired) electrons. The quantitative estimate of drug-likeness (QED) is 0.615. The second kappa shape index (κ2) is 4.58. The van der Waals surface area contributed by atoms with Gasteiger partial charge in [-0.1, -0.05) is 6.92 Å². The molecular formula is C9H19N3O. The Bertz CT molecular complexity index is 178. The molecule has 1 rings (SSSR count). The minimum absolute atomic E-state index is 0.0504. The van der Waals surface area contributed by atoms with Crippen molar-refractivity contribution in [2.45, 2.75) is 19.4 Å². The minimum Gasteiger partial charge on any atom is -0.369 e. The average molecular weight is 185 g/mol. The number of hydrogen-bond acceptors (Lipinski definition) is 3. The largest absolute Gasteiger partial charge is 0.369 e. The van der Waals surface area contributed by atoms with Crippen LogP contribution in [0.2, 0.25) is 0 Å². The lowest BCUT2D eigenvalue weighted by molar-refractivity contribution is -0.121. The SMILES string of the molecule is CC(CN(C)C1CCNC1)C(N)=O. The van der Waals surface area contributed by atoms with Crippen LogP contribution in [0.15, 0.2) is 0 Å². The Morgan fingerprint density at radius 1 is 1.77 bits per heavy atom. The normalized spacial score (nSPS) is 25.0. The monoisotopic (exact) mass is 185 g/mol. The van der Waals surface area contributed by atoms with Gasteiger partial charge in [0, 0.05) is 25.0 Å². The van der Waals surface area contributed by atoms with E-state index < -0.39 is 0 Å². The molecule has 0 aromatic carbocycles. The molecule has 0 spiro atoms. The van der Waals surface area contributed by atoms with Crippen LogP contribution in [-0.2, 0) is 4.79 Å². The van der Waals surface area contributed by atoms with E-state index in [1.165, 1.54) is 6.42 Å². The fourth-order valence-electron chi connectivity index (χ4n) is 1.69. The van der Waals surface area contributed by atoms with E-state index in [-0.39, 0.29) is 11.8 Å². The summed E-state index contributed by atoms with van der Waals surface area (Å²) in [6.45, 7) is 4.75. The van der Waals surface area contributed by atoms with Crippen LogP contribution in [0.3, 0.4) is 0 Å². The lowest BCUT2D eigenvalue weighted by Gasteiger charge is -2.25. The molecule has 76 valence electrons. The van der Waals surface area contributed by atoms with Gasteiger partial charge < -0.3 is 16.0 Å². The maximum absolute atomic E-state index is 10.8. The maximum Gasteiger partial charge on any atom is 0.221 e. The van der Waals surface area contributed by atoms with Crippen molar-refractivity contribution in [3.8, 4) is 0 Å². The number of nitrogens with zero attached hydrogens (tertiary/aromatic N) is 1. The number of nitrogens with two attached hydrogens (primary N) is 1. The molecule has 3 N–H and O–H groups in total. The van der Waals surface area contributed by atoms with E-state index in [4.69, 9.17) is 5.73 Å². The Morgan fingerprint density at radius 3 is 2.92 bits per heavy atom. The number of carbonyl (C=O) groups is 1. The van der Waals surface area contributed by atoms with Gasteiger partial charge in [0.05, 0.1) is 0 Å². The average Bonchev–Trinajstić information content (AvgIpc) is 2.55. The summed E-state index contributed by atoms with van der Waals surface area (Å²) < 4.78 is 0. The van der Waals surface area contributed by atoms with Crippen LogP contribution in [0.1, 0.15) is 13.3 Å². The summed E-state index contributed by atoms with van der Waals surface area (Å²) in [6.07, 6.45) is 1.17. The molecule has 0 bridgehead atoms. The number of carbonyl (C=O) groups excluding carboxylic acids is 1. The zero-order valence-corrected chi connectivity index (χ0v) is 8.42. The van der Waals surface area contributed by atoms with Crippen LogP contribution in [0, 0.1) is 5.92 Å². The fraction of sp³-hybridized carbons (Fsp3) is 0.889. The molecule has 0 aromatic rings. The highest BCUT2D eigenvalue weighted by molar-refractivity contribution is 5.76. The van der Waals surface area contributed by atoms with E-state index in [1.54, 1.807) is 0 Å². The van der Waals surface area contributed by atoms with Crippen molar-refractivity contribution >= 4 is 5.91 Å². The van der Waals surface area contributed by atoms with Crippen molar-refractivity contribution in [1.29, 1.82) is 0 Å². The van der Waals surface area contributed by atoms with E-state index in [0.717, 1.165) is 19.6 Å². The van der Waals surface area contributed by atoms with E-state index in [9.17, 15) is 4.79 Å². The first-order chi connectivity index (χ1) is 6.11. The van der Waals surface area contributed by atoms with Crippen molar-refractivity contribution in [2.24, 2.45) is 11.7 Å². The lowest BCUT2D eigenvalue weighted by atomic mass is 10.1. The number of nitrogens with one attached hydrogen (secondary N) is 1. The number of likely N-dealkylation sites (N-methyl/N-ethyl adjacent to an activating group) is 1. The second-order valence-electron chi connectivity index (χ2n) is 3.89. The Hall–Kier alpha value is -0.610.